The molecule has 0 saturated carbocycles. The Kier molecular flexibility index (Phi) is 6.95. The van der Waals surface area contributed by atoms with Gasteiger partial charge >= 0.3 is 6.03 Å². The number of anilines is 2. The Morgan fingerprint density at radius 1 is 1.14 bits per heavy atom. The second-order valence-corrected chi connectivity index (χ2v) is 7.42. The van der Waals surface area contributed by atoms with Crippen molar-refractivity contribution in [2.24, 2.45) is 0 Å². The molecule has 2 N–H and O–H groups in total. The second-order valence-electron chi connectivity index (χ2n) is 6.58. The number of urea groups is 1. The number of hydrogen-bond donors (Lipinski definition) is 2. The monoisotopic (exact) mass is 399 g/mol. The molecule has 0 unspecified atom stereocenters. The van der Waals surface area contributed by atoms with Gasteiger partial charge in [0.05, 0.1) is 18.7 Å². The number of ether oxygens (including phenoxy) is 1. The van der Waals surface area contributed by atoms with Gasteiger partial charge in [-0.25, -0.2) is 4.79 Å². The quantitative estimate of drug-likeness (QED) is 0.721. The lowest BCUT2D eigenvalue weighted by molar-refractivity contribution is -0.117. The maximum atomic E-state index is 12.7. The number of carbonyl (C=O) groups excluding carboxylic acids is 2. The Morgan fingerprint density at radius 3 is 2.75 bits per heavy atom. The van der Waals surface area contributed by atoms with Crippen LogP contribution in [0.4, 0.5) is 16.2 Å². The first-order chi connectivity index (χ1) is 13.6. The molecule has 28 heavy (non-hydrogen) atoms. The fourth-order valence-electron chi connectivity index (χ4n) is 3.17. The van der Waals surface area contributed by atoms with E-state index < -0.39 is 0 Å². The third-order valence-corrected chi connectivity index (χ3v) is 5.47. The number of para-hydroxylation sites is 1. The van der Waals surface area contributed by atoms with E-state index in [2.05, 4.69) is 10.6 Å². The number of nitrogens with zero attached hydrogens (tertiary/aromatic N) is 1. The first kappa shape index (κ1) is 20.2. The van der Waals surface area contributed by atoms with Gasteiger partial charge in [-0.2, -0.15) is 0 Å². The van der Waals surface area contributed by atoms with Crippen molar-refractivity contribution in [2.75, 3.05) is 37.2 Å². The highest BCUT2D eigenvalue weighted by Crippen LogP contribution is 2.27. The Labute approximate surface area is 169 Å². The van der Waals surface area contributed by atoms with Crippen molar-refractivity contribution < 1.29 is 14.3 Å². The zero-order valence-corrected chi connectivity index (χ0v) is 17.0. The fraction of sp³-hybridized carbons (Fsp3) is 0.333. The van der Waals surface area contributed by atoms with E-state index in [-0.39, 0.29) is 11.9 Å². The number of hydrogen-bond acceptors (Lipinski definition) is 4. The van der Waals surface area contributed by atoms with Crippen LogP contribution in [-0.4, -0.2) is 43.4 Å². The van der Waals surface area contributed by atoms with Crippen molar-refractivity contribution in [2.45, 2.75) is 24.3 Å². The molecule has 6 nitrogen and oxygen atoms in total. The van der Waals surface area contributed by atoms with E-state index in [4.69, 9.17) is 4.74 Å². The minimum absolute atomic E-state index is 0.0825. The number of nitrogens with one attached hydrogen (secondary N) is 2. The summed E-state index contributed by atoms with van der Waals surface area (Å²) >= 11 is 1.60. The van der Waals surface area contributed by atoms with E-state index in [9.17, 15) is 9.59 Å². The van der Waals surface area contributed by atoms with Gasteiger partial charge in [0.1, 0.15) is 0 Å². The highest BCUT2D eigenvalue weighted by molar-refractivity contribution is 7.98. The number of thioether (sulfide) groups is 1. The molecule has 3 amide bonds. The van der Waals surface area contributed by atoms with Crippen molar-refractivity contribution in [3.8, 4) is 0 Å². The van der Waals surface area contributed by atoms with Crippen LogP contribution in [0.25, 0.3) is 0 Å². The molecule has 1 aliphatic heterocycles. The van der Waals surface area contributed by atoms with Crippen molar-refractivity contribution in [1.29, 1.82) is 0 Å². The molecule has 0 spiro atoms. The second kappa shape index (κ2) is 9.61. The molecule has 3 rings (SSSR count). The summed E-state index contributed by atoms with van der Waals surface area (Å²) in [5.74, 6) is -0.0825. The van der Waals surface area contributed by atoms with Gasteiger partial charge in [0.25, 0.3) is 0 Å². The average Bonchev–Trinajstić information content (AvgIpc) is 2.72. The molecule has 0 saturated heterocycles. The molecule has 0 aromatic heterocycles. The van der Waals surface area contributed by atoms with Crippen LogP contribution in [0.1, 0.15) is 17.5 Å². The molecular formula is C21H25N3O3S. The van der Waals surface area contributed by atoms with Gasteiger partial charge in [-0.15, -0.1) is 11.8 Å². The summed E-state index contributed by atoms with van der Waals surface area (Å²) < 4.78 is 4.93. The lowest BCUT2D eigenvalue weighted by Gasteiger charge is -2.29. The number of carbonyl (C=O) groups is 2. The van der Waals surface area contributed by atoms with Crippen molar-refractivity contribution in [3.05, 3.63) is 53.6 Å². The van der Waals surface area contributed by atoms with E-state index in [0.29, 0.717) is 26.1 Å². The first-order valence-electron chi connectivity index (χ1n) is 9.20. The zero-order valence-electron chi connectivity index (χ0n) is 16.2. The first-order valence-corrected chi connectivity index (χ1v) is 10.4. The van der Waals surface area contributed by atoms with Crippen LogP contribution in [0.2, 0.25) is 0 Å². The molecule has 2 aromatic carbocycles. The van der Waals surface area contributed by atoms with Crippen molar-refractivity contribution >= 4 is 35.1 Å². The Bertz CT molecular complexity index is 857. The third kappa shape index (κ3) is 5.05. The van der Waals surface area contributed by atoms with E-state index in [1.165, 1.54) is 5.56 Å². The van der Waals surface area contributed by atoms with Gasteiger partial charge in [0.15, 0.2) is 0 Å². The van der Waals surface area contributed by atoms with Gasteiger partial charge in [-0.05, 0) is 48.1 Å². The van der Waals surface area contributed by atoms with Gasteiger partial charge in [-0.1, -0.05) is 18.2 Å². The van der Waals surface area contributed by atoms with Crippen LogP contribution in [0.3, 0.4) is 0 Å². The molecule has 0 fully saturated rings. The molecule has 0 radical (unpaired) electrons. The summed E-state index contributed by atoms with van der Waals surface area (Å²) in [5.41, 5.74) is 3.84. The largest absolute Gasteiger partial charge is 0.384 e. The van der Waals surface area contributed by atoms with Crippen LogP contribution in [-0.2, 0) is 22.5 Å². The molecular weight excluding hydrogens is 374 g/mol. The molecule has 0 atom stereocenters. The molecule has 1 aliphatic rings. The van der Waals surface area contributed by atoms with E-state index >= 15 is 0 Å². The van der Waals surface area contributed by atoms with Gasteiger partial charge in [0, 0.05) is 30.8 Å². The van der Waals surface area contributed by atoms with Crippen LogP contribution in [0, 0.1) is 0 Å². The van der Waals surface area contributed by atoms with Crippen LogP contribution in [0.15, 0.2) is 47.4 Å². The summed E-state index contributed by atoms with van der Waals surface area (Å²) in [6, 6.07) is 13.6. The topological polar surface area (TPSA) is 70.7 Å². The van der Waals surface area contributed by atoms with Crippen molar-refractivity contribution in [3.63, 3.8) is 0 Å². The van der Waals surface area contributed by atoms with Gasteiger partial charge in [-0.3, -0.25) is 4.79 Å². The van der Waals surface area contributed by atoms with Crippen LogP contribution < -0.4 is 10.6 Å². The smallest absolute Gasteiger partial charge is 0.322 e. The minimum atomic E-state index is -0.110. The summed E-state index contributed by atoms with van der Waals surface area (Å²) in [6.07, 6.45) is 3.10. The fourth-order valence-corrected chi connectivity index (χ4v) is 3.72. The predicted molar refractivity (Wildman–Crippen MR) is 113 cm³/mol. The third-order valence-electron chi connectivity index (χ3n) is 4.67. The Hall–Kier alpha value is -2.51. The number of fused-ring (bicyclic) bond motifs is 1. The summed E-state index contributed by atoms with van der Waals surface area (Å²) in [6.45, 7) is 1.58. The molecule has 0 bridgehead atoms. The van der Waals surface area contributed by atoms with Crippen molar-refractivity contribution in [1.82, 2.24) is 4.90 Å². The van der Waals surface area contributed by atoms with Crippen LogP contribution >= 0.6 is 11.8 Å². The van der Waals surface area contributed by atoms with Crippen LogP contribution in [0.5, 0.6) is 0 Å². The molecule has 0 aliphatic carbocycles. The SMILES string of the molecule is COCCC(=O)Nc1ccc2c(c1)CN(C(=O)Nc1ccccc1SC)CC2. The highest BCUT2D eigenvalue weighted by Gasteiger charge is 2.21. The Balaban J connectivity index is 1.66. The summed E-state index contributed by atoms with van der Waals surface area (Å²) in [4.78, 5) is 27.5. The number of amides is 3. The van der Waals surface area contributed by atoms with E-state index in [1.807, 2.05) is 48.7 Å². The Morgan fingerprint density at radius 2 is 1.96 bits per heavy atom. The summed E-state index contributed by atoms with van der Waals surface area (Å²) in [5, 5.41) is 5.90. The number of benzene rings is 2. The lowest BCUT2D eigenvalue weighted by atomic mass is 9.99. The minimum Gasteiger partial charge on any atom is -0.384 e. The maximum Gasteiger partial charge on any atom is 0.322 e. The standard InChI is InChI=1S/C21H25N3O3S/c1-27-12-10-20(25)22-17-8-7-15-9-11-24(14-16(15)13-17)21(26)23-18-5-3-4-6-19(18)28-2/h3-8,13H,9-12,14H2,1-2H3,(H,22,25)(H,23,26). The summed E-state index contributed by atoms with van der Waals surface area (Å²) in [7, 11) is 1.57. The maximum absolute atomic E-state index is 12.7. The highest BCUT2D eigenvalue weighted by atomic mass is 32.2. The van der Waals surface area contributed by atoms with Gasteiger partial charge in [0.2, 0.25) is 5.91 Å². The molecule has 1 heterocycles. The lowest BCUT2D eigenvalue weighted by Crippen LogP contribution is -2.39. The van der Waals surface area contributed by atoms with E-state index in [0.717, 1.165) is 28.3 Å². The molecule has 148 valence electrons. The predicted octanol–water partition coefficient (Wildman–Crippen LogP) is 3.97. The average molecular weight is 400 g/mol. The van der Waals surface area contributed by atoms with E-state index in [1.54, 1.807) is 23.8 Å². The number of rotatable bonds is 6. The van der Waals surface area contributed by atoms with Gasteiger partial charge < -0.3 is 20.3 Å². The number of methoxy groups -OCH3 is 1. The zero-order chi connectivity index (χ0) is 19.9. The normalized spacial score (nSPS) is 13.0. The molecule has 7 heteroatoms. The molecule has 2 aromatic rings.